The molecule has 0 saturated carbocycles. The molecule has 0 aromatic heterocycles. The normalized spacial score (nSPS) is 38.3. The van der Waals surface area contributed by atoms with Gasteiger partial charge < -0.3 is 14.2 Å². The molecule has 122 valence electrons. The largest absolute Gasteiger partial charge is 0.460 e. The van der Waals surface area contributed by atoms with E-state index in [0.29, 0.717) is 12.8 Å². The average molecular weight is 371 g/mol. The maximum atomic E-state index is 11.4. The average Bonchev–Trinajstić information content (AvgIpc) is 2.87. The SMILES string of the molecule is C#CC=CCC1OC2CC1OC(CC)C(Br)CC2OC(C)=O. The molecule has 6 unspecified atom stereocenters. The number of ether oxygens (including phenoxy) is 3. The first kappa shape index (κ1) is 17.5. The topological polar surface area (TPSA) is 44.8 Å². The van der Waals surface area contributed by atoms with Crippen molar-refractivity contribution in [3.05, 3.63) is 12.2 Å². The van der Waals surface area contributed by atoms with Crippen LogP contribution in [0.5, 0.6) is 0 Å². The lowest BCUT2D eigenvalue weighted by Crippen LogP contribution is -2.40. The van der Waals surface area contributed by atoms with Crippen molar-refractivity contribution < 1.29 is 19.0 Å². The van der Waals surface area contributed by atoms with Crippen molar-refractivity contribution >= 4 is 21.9 Å². The quantitative estimate of drug-likeness (QED) is 0.433. The first-order chi connectivity index (χ1) is 10.5. The molecule has 2 saturated heterocycles. The molecule has 4 nitrogen and oxygen atoms in total. The summed E-state index contributed by atoms with van der Waals surface area (Å²) >= 11 is 3.68. The van der Waals surface area contributed by atoms with Crippen molar-refractivity contribution in [2.45, 2.75) is 74.9 Å². The second-order valence-electron chi connectivity index (χ2n) is 5.77. The van der Waals surface area contributed by atoms with E-state index < -0.39 is 0 Å². The summed E-state index contributed by atoms with van der Waals surface area (Å²) in [6.45, 7) is 3.54. The van der Waals surface area contributed by atoms with Crippen LogP contribution in [0.2, 0.25) is 0 Å². The van der Waals surface area contributed by atoms with E-state index in [9.17, 15) is 4.79 Å². The maximum absolute atomic E-state index is 11.4. The van der Waals surface area contributed by atoms with Crippen LogP contribution in [0.25, 0.3) is 0 Å². The molecule has 0 N–H and O–H groups in total. The van der Waals surface area contributed by atoms with Crippen LogP contribution in [0.3, 0.4) is 0 Å². The smallest absolute Gasteiger partial charge is 0.302 e. The standard InChI is InChI=1S/C17H23BrO4/c1-4-6-7-8-14-16-10-17(22-14)15(20-11(3)19)9-12(18)13(5-2)21-16/h1,6-7,12-17H,5,8-10H2,2-3H3. The van der Waals surface area contributed by atoms with Crippen LogP contribution in [0.4, 0.5) is 0 Å². The van der Waals surface area contributed by atoms with Gasteiger partial charge in [-0.25, -0.2) is 0 Å². The fourth-order valence-electron chi connectivity index (χ4n) is 3.13. The van der Waals surface area contributed by atoms with E-state index in [1.165, 1.54) is 6.92 Å². The zero-order valence-electron chi connectivity index (χ0n) is 13.0. The van der Waals surface area contributed by atoms with Gasteiger partial charge in [-0.05, 0) is 18.9 Å². The Bertz CT molecular complexity index is 456. The Hall–Kier alpha value is -0.830. The summed E-state index contributed by atoms with van der Waals surface area (Å²) in [5, 5.41) is 0. The Balaban J connectivity index is 2.14. The van der Waals surface area contributed by atoms with E-state index in [1.54, 1.807) is 6.08 Å². The third-order valence-electron chi connectivity index (χ3n) is 4.16. The van der Waals surface area contributed by atoms with Crippen LogP contribution >= 0.6 is 15.9 Å². The van der Waals surface area contributed by atoms with Gasteiger partial charge in [0.15, 0.2) is 0 Å². The monoisotopic (exact) mass is 370 g/mol. The fraction of sp³-hybridized carbons (Fsp3) is 0.706. The van der Waals surface area contributed by atoms with E-state index in [0.717, 1.165) is 12.8 Å². The number of hydrogen-bond donors (Lipinski definition) is 0. The summed E-state index contributed by atoms with van der Waals surface area (Å²) in [7, 11) is 0. The second-order valence-corrected chi connectivity index (χ2v) is 6.95. The van der Waals surface area contributed by atoms with Crippen LogP contribution in [0, 0.1) is 12.3 Å². The second kappa shape index (κ2) is 8.14. The molecule has 0 radical (unpaired) electrons. The van der Waals surface area contributed by atoms with Crippen LogP contribution < -0.4 is 0 Å². The minimum Gasteiger partial charge on any atom is -0.460 e. The number of fused-ring (bicyclic) bond motifs is 2. The first-order valence-corrected chi connectivity index (χ1v) is 8.70. The van der Waals surface area contributed by atoms with Crippen molar-refractivity contribution in [3.8, 4) is 12.3 Å². The molecular formula is C17H23BrO4. The number of allylic oxidation sites excluding steroid dienone is 1. The number of terminal acetylenes is 1. The van der Waals surface area contributed by atoms with E-state index in [1.807, 2.05) is 6.08 Å². The summed E-state index contributed by atoms with van der Waals surface area (Å²) in [5.41, 5.74) is 0. The molecule has 22 heavy (non-hydrogen) atoms. The van der Waals surface area contributed by atoms with Crippen molar-refractivity contribution in [1.82, 2.24) is 0 Å². The maximum Gasteiger partial charge on any atom is 0.302 e. The van der Waals surface area contributed by atoms with E-state index >= 15 is 0 Å². The van der Waals surface area contributed by atoms with Gasteiger partial charge in [-0.1, -0.05) is 34.9 Å². The summed E-state index contributed by atoms with van der Waals surface area (Å²) in [4.78, 5) is 11.5. The zero-order valence-corrected chi connectivity index (χ0v) is 14.6. The Morgan fingerprint density at radius 1 is 1.36 bits per heavy atom. The number of alkyl halides is 1. The van der Waals surface area contributed by atoms with Crippen LogP contribution in [0.1, 0.15) is 39.5 Å². The first-order valence-electron chi connectivity index (χ1n) is 7.78. The van der Waals surface area contributed by atoms with Crippen LogP contribution in [-0.4, -0.2) is 41.3 Å². The molecular weight excluding hydrogens is 348 g/mol. The molecule has 2 heterocycles. The molecule has 5 heteroatoms. The Morgan fingerprint density at radius 2 is 2.09 bits per heavy atom. The van der Waals surface area contributed by atoms with Crippen molar-refractivity contribution in [2.24, 2.45) is 0 Å². The van der Waals surface area contributed by atoms with Gasteiger partial charge in [0, 0.05) is 24.6 Å². The van der Waals surface area contributed by atoms with Gasteiger partial charge in [0.25, 0.3) is 0 Å². The predicted octanol–water partition coefficient (Wildman–Crippen LogP) is 2.99. The molecule has 2 fully saturated rings. The highest BCUT2D eigenvalue weighted by molar-refractivity contribution is 9.09. The summed E-state index contributed by atoms with van der Waals surface area (Å²) in [6, 6.07) is 0. The minimum atomic E-state index is -0.268. The highest BCUT2D eigenvalue weighted by Gasteiger charge is 2.45. The third-order valence-corrected chi connectivity index (χ3v) is 5.12. The molecule has 0 spiro atoms. The number of rotatable bonds is 4. The lowest BCUT2D eigenvalue weighted by atomic mass is 9.97. The molecule has 0 amide bonds. The fourth-order valence-corrected chi connectivity index (χ4v) is 4.00. The number of esters is 1. The molecule has 2 rings (SSSR count). The van der Waals surface area contributed by atoms with Crippen LogP contribution in [-0.2, 0) is 19.0 Å². The van der Waals surface area contributed by atoms with Crippen molar-refractivity contribution in [2.75, 3.05) is 0 Å². The lowest BCUT2D eigenvalue weighted by Gasteiger charge is -2.32. The molecule has 0 aromatic rings. The highest BCUT2D eigenvalue weighted by Crippen LogP contribution is 2.36. The lowest BCUT2D eigenvalue weighted by molar-refractivity contribution is -0.155. The van der Waals surface area contributed by atoms with E-state index in [2.05, 4.69) is 28.8 Å². The number of hydrogen-bond acceptors (Lipinski definition) is 4. The van der Waals surface area contributed by atoms with Gasteiger partial charge >= 0.3 is 5.97 Å². The molecule has 6 atom stereocenters. The summed E-state index contributed by atoms with van der Waals surface area (Å²) in [6.07, 6.45) is 11.6. The predicted molar refractivity (Wildman–Crippen MR) is 87.7 cm³/mol. The van der Waals surface area contributed by atoms with E-state index in [4.69, 9.17) is 20.6 Å². The zero-order chi connectivity index (χ0) is 16.1. The van der Waals surface area contributed by atoms with Gasteiger partial charge in [-0.2, -0.15) is 0 Å². The van der Waals surface area contributed by atoms with Crippen molar-refractivity contribution in [1.29, 1.82) is 0 Å². The van der Waals surface area contributed by atoms with Gasteiger partial charge in [-0.3, -0.25) is 4.79 Å². The number of halogens is 1. The van der Waals surface area contributed by atoms with Gasteiger partial charge in [0.2, 0.25) is 0 Å². The molecule has 2 aliphatic heterocycles. The molecule has 2 aliphatic rings. The summed E-state index contributed by atoms with van der Waals surface area (Å²) in [5.74, 6) is 2.22. The number of carbonyl (C=O) groups excluding carboxylic acids is 1. The Labute approximate surface area is 140 Å². The molecule has 0 aromatic carbocycles. The van der Waals surface area contributed by atoms with Gasteiger partial charge in [0.1, 0.15) is 6.10 Å². The van der Waals surface area contributed by atoms with Crippen molar-refractivity contribution in [3.63, 3.8) is 0 Å². The van der Waals surface area contributed by atoms with Gasteiger partial charge in [0.05, 0.1) is 24.4 Å². The minimum absolute atomic E-state index is 0.00998. The van der Waals surface area contributed by atoms with Gasteiger partial charge in [-0.15, -0.1) is 6.42 Å². The number of carbonyl (C=O) groups is 1. The molecule has 0 aliphatic carbocycles. The molecule has 2 bridgehead atoms. The summed E-state index contributed by atoms with van der Waals surface area (Å²) < 4.78 is 17.8. The Kier molecular flexibility index (Phi) is 6.49. The third kappa shape index (κ3) is 4.34. The Morgan fingerprint density at radius 3 is 2.73 bits per heavy atom. The van der Waals surface area contributed by atoms with Crippen LogP contribution in [0.15, 0.2) is 12.2 Å². The van der Waals surface area contributed by atoms with E-state index in [-0.39, 0.29) is 41.3 Å². The highest BCUT2D eigenvalue weighted by atomic mass is 79.9.